The van der Waals surface area contributed by atoms with Crippen molar-refractivity contribution >= 4 is 0 Å². The van der Waals surface area contributed by atoms with Crippen LogP contribution >= 0.6 is 0 Å². The van der Waals surface area contributed by atoms with E-state index in [1.54, 1.807) is 0 Å². The minimum Gasteiger partial charge on any atom is -0.484 e. The molecule has 0 saturated carbocycles. The highest BCUT2D eigenvalue weighted by Gasteiger charge is 2.05. The molecule has 0 spiro atoms. The van der Waals surface area contributed by atoms with Gasteiger partial charge in [0.15, 0.2) is 12.4 Å². The highest BCUT2D eigenvalue weighted by Crippen LogP contribution is 2.10. The van der Waals surface area contributed by atoms with Gasteiger partial charge in [-0.25, -0.2) is 0 Å². The highest BCUT2D eigenvalue weighted by molar-refractivity contribution is 5.20. The second-order valence-corrected chi connectivity index (χ2v) is 3.49. The maximum absolute atomic E-state index is 5.49. The molecule has 2 rings (SSSR count). The summed E-state index contributed by atoms with van der Waals surface area (Å²) < 4.78 is 10.6. The summed E-state index contributed by atoms with van der Waals surface area (Å²) in [7, 11) is 0. The Morgan fingerprint density at radius 2 is 2.12 bits per heavy atom. The van der Waals surface area contributed by atoms with Gasteiger partial charge in [-0.05, 0) is 18.7 Å². The fourth-order valence-corrected chi connectivity index (χ4v) is 1.32. The van der Waals surface area contributed by atoms with Crippen molar-refractivity contribution < 1.29 is 9.26 Å². The van der Waals surface area contributed by atoms with Gasteiger partial charge < -0.3 is 14.6 Å². The maximum atomic E-state index is 5.49. The van der Waals surface area contributed by atoms with Gasteiger partial charge in [-0.15, -0.1) is 0 Å². The van der Waals surface area contributed by atoms with E-state index in [1.807, 2.05) is 37.3 Å². The van der Waals surface area contributed by atoms with Crippen LogP contribution in [0.15, 0.2) is 34.9 Å². The van der Waals surface area contributed by atoms with Gasteiger partial charge in [-0.1, -0.05) is 30.3 Å². The Morgan fingerprint density at radius 3 is 2.88 bits per heavy atom. The third-order valence-corrected chi connectivity index (χ3v) is 2.15. The number of nitrogens with one attached hydrogen (secondary N) is 1. The molecule has 2 aromatic rings. The Hall–Kier alpha value is -1.88. The Labute approximate surface area is 99.8 Å². The lowest BCUT2D eigenvalue weighted by atomic mass is 10.3. The Balaban J connectivity index is 1.85. The fraction of sp³-hybridized carbons (Fsp3) is 0.333. The topological polar surface area (TPSA) is 60.2 Å². The van der Waals surface area contributed by atoms with Crippen molar-refractivity contribution in [3.8, 4) is 5.75 Å². The van der Waals surface area contributed by atoms with Gasteiger partial charge in [0.05, 0.1) is 6.54 Å². The molecule has 1 aromatic carbocycles. The van der Waals surface area contributed by atoms with Crippen LogP contribution in [0.25, 0.3) is 0 Å². The lowest BCUT2D eigenvalue weighted by Gasteiger charge is -2.01. The van der Waals surface area contributed by atoms with Crippen LogP contribution in [0.1, 0.15) is 18.6 Å². The molecule has 0 aliphatic carbocycles. The third-order valence-electron chi connectivity index (χ3n) is 2.15. The van der Waals surface area contributed by atoms with E-state index in [4.69, 9.17) is 9.26 Å². The first-order valence-electron chi connectivity index (χ1n) is 5.58. The average Bonchev–Trinajstić information content (AvgIpc) is 2.83. The molecular formula is C12H15N3O2. The van der Waals surface area contributed by atoms with Crippen molar-refractivity contribution in [1.82, 2.24) is 15.5 Å². The number of nitrogens with zero attached hydrogens (tertiary/aromatic N) is 2. The van der Waals surface area contributed by atoms with Gasteiger partial charge in [0, 0.05) is 0 Å². The Bertz CT molecular complexity index is 442. The van der Waals surface area contributed by atoms with Crippen LogP contribution in [0, 0.1) is 0 Å². The second kappa shape index (κ2) is 6.00. The van der Waals surface area contributed by atoms with E-state index in [-0.39, 0.29) is 0 Å². The van der Waals surface area contributed by atoms with Gasteiger partial charge in [0.25, 0.3) is 5.89 Å². The molecule has 0 aliphatic rings. The van der Waals surface area contributed by atoms with Crippen molar-refractivity contribution in [3.05, 3.63) is 42.0 Å². The molecule has 0 aliphatic heterocycles. The molecule has 17 heavy (non-hydrogen) atoms. The molecule has 5 heteroatoms. The van der Waals surface area contributed by atoms with Crippen LogP contribution in [-0.4, -0.2) is 16.7 Å². The number of hydrogen-bond acceptors (Lipinski definition) is 5. The molecule has 1 heterocycles. The van der Waals surface area contributed by atoms with Gasteiger partial charge in [-0.2, -0.15) is 4.98 Å². The molecule has 5 nitrogen and oxygen atoms in total. The first-order chi connectivity index (χ1) is 8.38. The number of hydrogen-bond donors (Lipinski definition) is 1. The van der Waals surface area contributed by atoms with Gasteiger partial charge >= 0.3 is 0 Å². The first-order valence-corrected chi connectivity index (χ1v) is 5.58. The minimum absolute atomic E-state index is 0.295. The predicted molar refractivity (Wildman–Crippen MR) is 62.5 cm³/mol. The van der Waals surface area contributed by atoms with Crippen LogP contribution in [0.4, 0.5) is 0 Å². The van der Waals surface area contributed by atoms with Crippen LogP contribution < -0.4 is 10.1 Å². The zero-order chi connectivity index (χ0) is 11.9. The quantitative estimate of drug-likeness (QED) is 0.823. The lowest BCUT2D eigenvalue weighted by Crippen LogP contribution is -2.12. The summed E-state index contributed by atoms with van der Waals surface area (Å²) >= 11 is 0. The average molecular weight is 233 g/mol. The third kappa shape index (κ3) is 3.57. The SMILES string of the molecule is CCNCc1noc(COc2ccccc2)n1. The lowest BCUT2D eigenvalue weighted by molar-refractivity contribution is 0.242. The fourth-order valence-electron chi connectivity index (χ4n) is 1.32. The normalized spacial score (nSPS) is 10.4. The van der Waals surface area contributed by atoms with E-state index < -0.39 is 0 Å². The molecule has 90 valence electrons. The molecule has 0 bridgehead atoms. The van der Waals surface area contributed by atoms with E-state index in [9.17, 15) is 0 Å². The molecule has 0 saturated heterocycles. The molecule has 0 radical (unpaired) electrons. The summed E-state index contributed by atoms with van der Waals surface area (Å²) in [5.41, 5.74) is 0. The van der Waals surface area contributed by atoms with Crippen molar-refractivity contribution in [2.45, 2.75) is 20.1 Å². The van der Waals surface area contributed by atoms with E-state index >= 15 is 0 Å². The molecule has 0 amide bonds. The Kier molecular flexibility index (Phi) is 4.10. The standard InChI is InChI=1S/C12H15N3O2/c1-2-13-8-11-14-12(17-15-11)9-16-10-6-4-3-5-7-10/h3-7,13H,2,8-9H2,1H3. The van der Waals surface area contributed by atoms with Gasteiger partial charge in [0.2, 0.25) is 0 Å². The van der Waals surface area contributed by atoms with E-state index in [2.05, 4.69) is 15.5 Å². The summed E-state index contributed by atoms with van der Waals surface area (Å²) in [6.07, 6.45) is 0. The van der Waals surface area contributed by atoms with Crippen molar-refractivity contribution in [2.24, 2.45) is 0 Å². The second-order valence-electron chi connectivity index (χ2n) is 3.49. The van der Waals surface area contributed by atoms with Crippen molar-refractivity contribution in [2.75, 3.05) is 6.54 Å². The summed E-state index contributed by atoms with van der Waals surface area (Å²) in [4.78, 5) is 4.20. The van der Waals surface area contributed by atoms with Crippen LogP contribution in [0.3, 0.4) is 0 Å². The highest BCUT2D eigenvalue weighted by atomic mass is 16.5. The largest absolute Gasteiger partial charge is 0.484 e. The van der Waals surface area contributed by atoms with E-state index in [1.165, 1.54) is 0 Å². The first kappa shape index (κ1) is 11.6. The summed E-state index contributed by atoms with van der Waals surface area (Å²) in [6.45, 7) is 3.82. The summed E-state index contributed by atoms with van der Waals surface area (Å²) in [5.74, 6) is 1.93. The number of ether oxygens (including phenoxy) is 1. The molecule has 0 unspecified atom stereocenters. The molecule has 1 N–H and O–H groups in total. The number of aromatic nitrogens is 2. The molecule has 1 aromatic heterocycles. The van der Waals surface area contributed by atoms with Crippen molar-refractivity contribution in [1.29, 1.82) is 0 Å². The smallest absolute Gasteiger partial charge is 0.264 e. The number of para-hydroxylation sites is 1. The maximum Gasteiger partial charge on any atom is 0.264 e. The predicted octanol–water partition coefficient (Wildman–Crippen LogP) is 1.76. The van der Waals surface area contributed by atoms with Crippen LogP contribution in [0.2, 0.25) is 0 Å². The zero-order valence-electron chi connectivity index (χ0n) is 9.72. The van der Waals surface area contributed by atoms with Gasteiger partial charge in [0.1, 0.15) is 5.75 Å². The van der Waals surface area contributed by atoms with Gasteiger partial charge in [-0.3, -0.25) is 0 Å². The summed E-state index contributed by atoms with van der Waals surface area (Å²) in [5, 5.41) is 6.96. The number of rotatable bonds is 6. The van der Waals surface area contributed by atoms with Crippen LogP contribution in [0.5, 0.6) is 5.75 Å². The van der Waals surface area contributed by atoms with Crippen molar-refractivity contribution in [3.63, 3.8) is 0 Å². The Morgan fingerprint density at radius 1 is 1.29 bits per heavy atom. The van der Waals surface area contributed by atoms with E-state index in [0.717, 1.165) is 12.3 Å². The minimum atomic E-state index is 0.295. The zero-order valence-corrected chi connectivity index (χ0v) is 9.72. The van der Waals surface area contributed by atoms with Crippen LogP contribution in [-0.2, 0) is 13.2 Å². The molecule has 0 atom stereocenters. The monoisotopic (exact) mass is 233 g/mol. The molecule has 0 fully saturated rings. The molecular weight excluding hydrogens is 218 g/mol. The number of benzene rings is 1. The summed E-state index contributed by atoms with van der Waals surface area (Å²) in [6, 6.07) is 9.54. The van der Waals surface area contributed by atoms with E-state index in [0.29, 0.717) is 24.9 Å².